The molecule has 208 valence electrons. The summed E-state index contributed by atoms with van der Waals surface area (Å²) in [5.41, 5.74) is -0.981. The molecule has 0 saturated heterocycles. The van der Waals surface area contributed by atoms with Crippen LogP contribution in [0.25, 0.3) is 0 Å². The minimum atomic E-state index is -4.63. The van der Waals surface area contributed by atoms with E-state index in [1.54, 1.807) is 0 Å². The normalized spacial score (nSPS) is 12.4. The van der Waals surface area contributed by atoms with Gasteiger partial charge in [-0.05, 0) is 62.8 Å². The Morgan fingerprint density at radius 2 is 1.75 bits per heavy atom. The van der Waals surface area contributed by atoms with Gasteiger partial charge in [0, 0.05) is 38.1 Å². The lowest BCUT2D eigenvalue weighted by Crippen LogP contribution is -2.35. The van der Waals surface area contributed by atoms with Gasteiger partial charge in [-0.2, -0.15) is 18.4 Å². The Balaban J connectivity index is 0. The zero-order chi connectivity index (χ0) is 28.1. The van der Waals surface area contributed by atoms with Gasteiger partial charge >= 0.3 is 6.18 Å². The number of nitrogens with one attached hydrogen (secondary N) is 2. The van der Waals surface area contributed by atoms with Crippen molar-refractivity contribution in [1.29, 1.82) is 5.26 Å². The van der Waals surface area contributed by atoms with Crippen molar-refractivity contribution >= 4 is 5.91 Å². The van der Waals surface area contributed by atoms with Crippen LogP contribution in [-0.4, -0.2) is 31.7 Å². The number of alkyl halides is 3. The third kappa shape index (κ3) is 19.1. The van der Waals surface area contributed by atoms with Crippen LogP contribution in [0.2, 0.25) is 0 Å². The second-order valence-electron chi connectivity index (χ2n) is 8.64. The van der Waals surface area contributed by atoms with E-state index in [-0.39, 0.29) is 36.4 Å². The lowest BCUT2D eigenvalue weighted by molar-refractivity contribution is -0.137. The van der Waals surface area contributed by atoms with Crippen LogP contribution in [-0.2, 0) is 22.3 Å². The van der Waals surface area contributed by atoms with E-state index in [1.807, 2.05) is 40.7 Å². The molecule has 0 unspecified atom stereocenters. The van der Waals surface area contributed by atoms with E-state index in [1.165, 1.54) is 0 Å². The lowest BCUT2D eigenvalue weighted by Gasteiger charge is -2.20. The molecule has 0 aliphatic carbocycles. The number of nitriles is 1. The highest BCUT2D eigenvalue weighted by Crippen LogP contribution is 2.30. The van der Waals surface area contributed by atoms with Crippen LogP contribution in [0.1, 0.15) is 85.3 Å². The van der Waals surface area contributed by atoms with Gasteiger partial charge in [-0.25, -0.2) is 4.39 Å². The Labute approximate surface area is 215 Å². The number of rotatable bonds is 13. The molecule has 0 aliphatic rings. The Morgan fingerprint density at radius 3 is 2.25 bits per heavy atom. The number of ether oxygens (including phenoxy) is 1. The van der Waals surface area contributed by atoms with E-state index in [0.29, 0.717) is 25.0 Å². The first kappa shape index (κ1) is 36.0. The largest absolute Gasteiger partial charge is 0.416 e. The smallest absolute Gasteiger partial charge is 0.381 e. The van der Waals surface area contributed by atoms with E-state index in [9.17, 15) is 22.4 Å². The maximum atomic E-state index is 13.4. The Kier molecular flexibility index (Phi) is 20.9. The van der Waals surface area contributed by atoms with Gasteiger partial charge in [0.1, 0.15) is 5.82 Å². The molecular weight excluding hydrogens is 474 g/mol. The molecule has 0 bridgehead atoms. The summed E-state index contributed by atoms with van der Waals surface area (Å²) in [6.45, 7) is 16.0. The maximum absolute atomic E-state index is 13.4. The van der Waals surface area contributed by atoms with Crippen LogP contribution < -0.4 is 10.6 Å². The summed E-state index contributed by atoms with van der Waals surface area (Å²) in [5, 5.41) is 13.9. The van der Waals surface area contributed by atoms with Crippen molar-refractivity contribution in [3.05, 3.63) is 35.1 Å². The van der Waals surface area contributed by atoms with Gasteiger partial charge < -0.3 is 15.4 Å². The van der Waals surface area contributed by atoms with Gasteiger partial charge in [0.05, 0.1) is 18.2 Å². The number of nitrogens with zero attached hydrogens (tertiary/aromatic N) is 1. The molecule has 1 aromatic carbocycles. The standard InChI is InChI=1S/C21H32F4N2O2.C4H7N.C2H6/c1-4-8-29-14-15(3)12-26-19(5-2)6-7-20(28)27-13-16-9-17(21(23,24)25)11-18(22)10-16;1-4(2)3-5;1-2/h9-11,15,19,26H,4-8,12-14H2,1-3H3,(H,27,28);4H,1-2H3;1-2H3/t15-,19+;;/m0../s1. The Bertz CT molecular complexity index is 750. The van der Waals surface area contributed by atoms with Crippen molar-refractivity contribution < 1.29 is 27.1 Å². The first-order valence-corrected chi connectivity index (χ1v) is 12.8. The van der Waals surface area contributed by atoms with E-state index < -0.39 is 17.6 Å². The van der Waals surface area contributed by atoms with Crippen LogP contribution in [0, 0.1) is 29.0 Å². The molecule has 36 heavy (non-hydrogen) atoms. The molecule has 0 fully saturated rings. The second-order valence-corrected chi connectivity index (χ2v) is 8.64. The predicted octanol–water partition coefficient (Wildman–Crippen LogP) is 6.86. The molecule has 1 amide bonds. The fourth-order valence-electron chi connectivity index (χ4n) is 2.82. The van der Waals surface area contributed by atoms with Crippen LogP contribution in [0.5, 0.6) is 0 Å². The van der Waals surface area contributed by atoms with Crippen molar-refractivity contribution in [1.82, 2.24) is 10.6 Å². The summed E-state index contributed by atoms with van der Waals surface area (Å²) in [5.74, 6) is -0.700. The van der Waals surface area contributed by atoms with Crippen LogP contribution in [0.15, 0.2) is 18.2 Å². The fraction of sp³-hybridized carbons (Fsp3) is 0.704. The third-order valence-corrected chi connectivity index (χ3v) is 4.75. The number of hydrogen-bond donors (Lipinski definition) is 2. The summed E-state index contributed by atoms with van der Waals surface area (Å²) in [6.07, 6.45) is -1.93. The molecule has 0 aliphatic heterocycles. The molecule has 2 atom stereocenters. The highest BCUT2D eigenvalue weighted by Gasteiger charge is 2.31. The molecule has 2 N–H and O–H groups in total. The van der Waals surface area contributed by atoms with E-state index in [4.69, 9.17) is 10.00 Å². The minimum Gasteiger partial charge on any atom is -0.381 e. The number of carbonyl (C=O) groups excluding carboxylic acids is 1. The summed E-state index contributed by atoms with van der Waals surface area (Å²) in [7, 11) is 0. The topological polar surface area (TPSA) is 74.1 Å². The van der Waals surface area contributed by atoms with Gasteiger partial charge in [-0.15, -0.1) is 0 Å². The monoisotopic (exact) mass is 519 g/mol. The van der Waals surface area contributed by atoms with Crippen molar-refractivity contribution in [2.24, 2.45) is 11.8 Å². The molecule has 9 heteroatoms. The predicted molar refractivity (Wildman–Crippen MR) is 137 cm³/mol. The molecular formula is C27H45F4N3O2. The van der Waals surface area contributed by atoms with Gasteiger partial charge in [0.15, 0.2) is 0 Å². The number of amides is 1. The molecule has 5 nitrogen and oxygen atoms in total. The first-order chi connectivity index (χ1) is 16.9. The van der Waals surface area contributed by atoms with Crippen molar-refractivity contribution in [2.75, 3.05) is 19.8 Å². The number of carbonyl (C=O) groups is 1. The molecule has 0 heterocycles. The summed E-state index contributed by atoms with van der Waals surface area (Å²) < 4.78 is 57.1. The quantitative estimate of drug-likeness (QED) is 0.220. The lowest BCUT2D eigenvalue weighted by atomic mass is 10.1. The summed E-state index contributed by atoms with van der Waals surface area (Å²) in [6, 6.07) is 4.48. The van der Waals surface area contributed by atoms with E-state index in [0.717, 1.165) is 38.1 Å². The third-order valence-electron chi connectivity index (χ3n) is 4.75. The highest BCUT2D eigenvalue weighted by atomic mass is 19.4. The number of benzene rings is 1. The molecule has 0 radical (unpaired) electrons. The zero-order valence-corrected chi connectivity index (χ0v) is 22.9. The Hall–Kier alpha value is -2.18. The maximum Gasteiger partial charge on any atom is 0.416 e. The zero-order valence-electron chi connectivity index (χ0n) is 22.9. The van der Waals surface area contributed by atoms with Gasteiger partial charge in [0.25, 0.3) is 0 Å². The number of hydrogen-bond acceptors (Lipinski definition) is 4. The Morgan fingerprint density at radius 1 is 1.14 bits per heavy atom. The van der Waals surface area contributed by atoms with Crippen molar-refractivity contribution in [2.45, 2.75) is 92.9 Å². The molecule has 1 aromatic rings. The number of halogens is 4. The summed E-state index contributed by atoms with van der Waals surface area (Å²) in [4.78, 5) is 12.0. The van der Waals surface area contributed by atoms with Crippen molar-refractivity contribution in [3.8, 4) is 6.07 Å². The van der Waals surface area contributed by atoms with Gasteiger partial charge in [-0.1, -0.05) is 34.6 Å². The second kappa shape index (κ2) is 21.0. The van der Waals surface area contributed by atoms with E-state index >= 15 is 0 Å². The molecule has 0 aromatic heterocycles. The molecule has 0 saturated carbocycles. The molecule has 0 spiro atoms. The van der Waals surface area contributed by atoms with E-state index in [2.05, 4.69) is 24.5 Å². The van der Waals surface area contributed by atoms with Gasteiger partial charge in [-0.3, -0.25) is 4.79 Å². The average molecular weight is 520 g/mol. The van der Waals surface area contributed by atoms with Crippen LogP contribution in [0.4, 0.5) is 17.6 Å². The first-order valence-electron chi connectivity index (χ1n) is 12.8. The SMILES string of the molecule is CC.CC(C)C#N.CCCOC[C@@H](C)CN[C@H](CC)CCC(=O)NCc1cc(F)cc(C(F)(F)F)c1. The average Bonchev–Trinajstić information content (AvgIpc) is 2.83. The van der Waals surface area contributed by atoms with Crippen LogP contribution >= 0.6 is 0 Å². The highest BCUT2D eigenvalue weighted by molar-refractivity contribution is 5.75. The summed E-state index contributed by atoms with van der Waals surface area (Å²) >= 11 is 0. The molecule has 1 rings (SSSR count). The fourth-order valence-corrected chi connectivity index (χ4v) is 2.82. The van der Waals surface area contributed by atoms with Crippen LogP contribution in [0.3, 0.4) is 0 Å². The van der Waals surface area contributed by atoms with Gasteiger partial charge in [0.2, 0.25) is 5.91 Å². The minimum absolute atomic E-state index is 0.0803. The van der Waals surface area contributed by atoms with Crippen molar-refractivity contribution in [3.63, 3.8) is 0 Å².